The van der Waals surface area contributed by atoms with E-state index < -0.39 is 27.4 Å². The molecule has 0 aliphatic carbocycles. The molecule has 2 N–H and O–H groups in total. The summed E-state index contributed by atoms with van der Waals surface area (Å²) in [4.78, 5) is 12.0. The smallest absolute Gasteiger partial charge is 0.328 e. The quantitative estimate of drug-likeness (QED) is 0.586. The Bertz CT molecular complexity index is 1170. The van der Waals surface area contributed by atoms with Crippen molar-refractivity contribution in [3.63, 3.8) is 0 Å². The molecular formula is C19H19Cl2N3O4S. The van der Waals surface area contributed by atoms with Crippen molar-refractivity contribution in [2.45, 2.75) is 31.7 Å². The molecule has 29 heavy (non-hydrogen) atoms. The van der Waals surface area contributed by atoms with E-state index in [9.17, 15) is 18.3 Å². The maximum absolute atomic E-state index is 13.6. The number of benzene rings is 2. The number of nitrogens with zero attached hydrogens (tertiary/aromatic N) is 2. The number of aromatic amines is 1. The van der Waals surface area contributed by atoms with Crippen molar-refractivity contribution in [3.8, 4) is 0 Å². The van der Waals surface area contributed by atoms with Crippen LogP contribution >= 0.6 is 23.2 Å². The summed E-state index contributed by atoms with van der Waals surface area (Å²) in [6.07, 6.45) is 1.53. The molecule has 3 rings (SSSR count). The number of H-pyrrole nitrogens is 1. The standard InChI is InChI=1S/C19H19Cl2N3O4S/c1-19(2,3)17(18(25)26)24(14-4-5-16-11(6-14)10-22-23-16)29(27,28)15-8-12(20)7-13(21)9-15/h4-10,17H,1-3H3,(H,22,23)(H,25,26). The average Bonchev–Trinajstić information content (AvgIpc) is 3.04. The van der Waals surface area contributed by atoms with Crippen LogP contribution in [0.5, 0.6) is 0 Å². The summed E-state index contributed by atoms with van der Waals surface area (Å²) in [5.41, 5.74) is -0.0380. The number of fused-ring (bicyclic) bond motifs is 1. The normalized spacial score (nSPS) is 13.4. The summed E-state index contributed by atoms with van der Waals surface area (Å²) in [6, 6.07) is 7.25. The van der Waals surface area contributed by atoms with E-state index in [1.54, 1.807) is 32.9 Å². The van der Waals surface area contributed by atoms with Crippen molar-refractivity contribution in [1.82, 2.24) is 10.2 Å². The Morgan fingerprint density at radius 1 is 1.14 bits per heavy atom. The van der Waals surface area contributed by atoms with E-state index in [-0.39, 0.29) is 20.6 Å². The van der Waals surface area contributed by atoms with Crippen molar-refractivity contribution in [2.24, 2.45) is 5.41 Å². The Kier molecular flexibility index (Phi) is 5.55. The minimum Gasteiger partial charge on any atom is -0.480 e. The summed E-state index contributed by atoms with van der Waals surface area (Å²) < 4.78 is 28.2. The number of carbonyl (C=O) groups is 1. The van der Waals surface area contributed by atoms with E-state index in [4.69, 9.17) is 23.2 Å². The maximum Gasteiger partial charge on any atom is 0.328 e. The number of nitrogens with one attached hydrogen (secondary N) is 1. The van der Waals surface area contributed by atoms with Crippen LogP contribution in [0.25, 0.3) is 10.9 Å². The molecule has 0 aliphatic rings. The molecule has 1 atom stereocenters. The average molecular weight is 456 g/mol. The molecule has 0 spiro atoms. The molecule has 1 aromatic heterocycles. The van der Waals surface area contributed by atoms with Crippen LogP contribution in [0.1, 0.15) is 20.8 Å². The van der Waals surface area contributed by atoms with Crippen LogP contribution in [0, 0.1) is 5.41 Å². The van der Waals surface area contributed by atoms with Crippen LogP contribution in [0.3, 0.4) is 0 Å². The van der Waals surface area contributed by atoms with Gasteiger partial charge in [0.25, 0.3) is 10.0 Å². The van der Waals surface area contributed by atoms with Crippen LogP contribution in [0.15, 0.2) is 47.5 Å². The zero-order valence-electron chi connectivity index (χ0n) is 15.8. The van der Waals surface area contributed by atoms with Crippen LogP contribution in [-0.4, -0.2) is 35.7 Å². The fraction of sp³-hybridized carbons (Fsp3) is 0.263. The van der Waals surface area contributed by atoms with Gasteiger partial charge in [-0.3, -0.25) is 9.40 Å². The number of hydrogen-bond donors (Lipinski definition) is 2. The Balaban J connectivity index is 2.30. The first-order chi connectivity index (χ1) is 13.4. The van der Waals surface area contributed by atoms with Gasteiger partial charge in [-0.2, -0.15) is 5.10 Å². The van der Waals surface area contributed by atoms with Crippen molar-refractivity contribution in [2.75, 3.05) is 4.31 Å². The Morgan fingerprint density at radius 3 is 2.31 bits per heavy atom. The third-order valence-electron chi connectivity index (χ3n) is 4.36. The molecular weight excluding hydrogens is 437 g/mol. The first kappa shape index (κ1) is 21.4. The highest BCUT2D eigenvalue weighted by Gasteiger charge is 2.43. The van der Waals surface area contributed by atoms with Crippen molar-refractivity contribution >= 4 is 55.8 Å². The summed E-state index contributed by atoms with van der Waals surface area (Å²) in [5, 5.41) is 17.6. The Labute approximate surface area is 178 Å². The predicted octanol–water partition coefficient (Wildman–Crippen LogP) is 4.56. The van der Waals surface area contributed by atoms with Crippen molar-refractivity contribution < 1.29 is 18.3 Å². The molecule has 3 aromatic rings. The van der Waals surface area contributed by atoms with Crippen molar-refractivity contribution in [3.05, 3.63) is 52.6 Å². The van der Waals surface area contributed by atoms with Gasteiger partial charge in [0, 0.05) is 15.4 Å². The largest absolute Gasteiger partial charge is 0.480 e. The summed E-state index contributed by atoms with van der Waals surface area (Å²) in [5.74, 6) is -1.28. The molecule has 0 fully saturated rings. The van der Waals surface area contributed by atoms with E-state index in [0.29, 0.717) is 10.9 Å². The number of rotatable bonds is 5. The second-order valence-corrected chi connectivity index (χ2v) is 10.3. The third-order valence-corrected chi connectivity index (χ3v) is 6.57. The fourth-order valence-electron chi connectivity index (χ4n) is 3.11. The molecule has 154 valence electrons. The van der Waals surface area contributed by atoms with Gasteiger partial charge in [-0.15, -0.1) is 0 Å². The lowest BCUT2D eigenvalue weighted by Gasteiger charge is -2.37. The molecule has 10 heteroatoms. The minimum atomic E-state index is -4.33. The number of carboxylic acid groups (broad SMARTS) is 1. The highest BCUT2D eigenvalue weighted by molar-refractivity contribution is 7.93. The first-order valence-corrected chi connectivity index (χ1v) is 10.8. The van der Waals surface area contributed by atoms with Gasteiger partial charge in [0.15, 0.2) is 0 Å². The Hall–Kier alpha value is -2.29. The minimum absolute atomic E-state index is 0.129. The topological polar surface area (TPSA) is 103 Å². The van der Waals surface area contributed by atoms with Gasteiger partial charge in [0.05, 0.1) is 22.3 Å². The molecule has 0 saturated heterocycles. The number of aromatic nitrogens is 2. The van der Waals surface area contributed by atoms with Crippen LogP contribution < -0.4 is 4.31 Å². The van der Waals surface area contributed by atoms with E-state index in [1.807, 2.05) is 0 Å². The molecule has 0 amide bonds. The second-order valence-electron chi connectivity index (χ2n) is 7.65. The fourth-order valence-corrected chi connectivity index (χ4v) is 5.62. The van der Waals surface area contributed by atoms with Gasteiger partial charge >= 0.3 is 5.97 Å². The number of halogens is 2. The van der Waals surface area contributed by atoms with E-state index in [0.717, 1.165) is 4.31 Å². The molecule has 7 nitrogen and oxygen atoms in total. The van der Waals surface area contributed by atoms with Crippen LogP contribution in [-0.2, 0) is 14.8 Å². The molecule has 0 bridgehead atoms. The summed E-state index contributed by atoms with van der Waals surface area (Å²) >= 11 is 12.0. The zero-order valence-corrected chi connectivity index (χ0v) is 18.2. The molecule has 1 heterocycles. The van der Waals surface area contributed by atoms with Gasteiger partial charge in [-0.1, -0.05) is 44.0 Å². The van der Waals surface area contributed by atoms with Crippen LogP contribution in [0.4, 0.5) is 5.69 Å². The molecule has 0 saturated carbocycles. The molecule has 1 unspecified atom stereocenters. The van der Waals surface area contributed by atoms with Gasteiger partial charge in [0.1, 0.15) is 6.04 Å². The predicted molar refractivity (Wildman–Crippen MR) is 113 cm³/mol. The van der Waals surface area contributed by atoms with Gasteiger partial charge < -0.3 is 5.11 Å². The number of carboxylic acids is 1. The summed E-state index contributed by atoms with van der Waals surface area (Å²) in [7, 11) is -4.33. The van der Waals surface area contributed by atoms with Crippen LogP contribution in [0.2, 0.25) is 10.0 Å². The lowest BCUT2D eigenvalue weighted by atomic mass is 9.86. The number of aliphatic carboxylic acids is 1. The Morgan fingerprint density at radius 2 is 1.76 bits per heavy atom. The van der Waals surface area contributed by atoms with E-state index in [2.05, 4.69) is 10.2 Å². The highest BCUT2D eigenvalue weighted by Crippen LogP contribution is 2.36. The maximum atomic E-state index is 13.6. The number of hydrogen-bond acceptors (Lipinski definition) is 4. The number of sulfonamides is 1. The summed E-state index contributed by atoms with van der Waals surface area (Å²) in [6.45, 7) is 4.99. The lowest BCUT2D eigenvalue weighted by Crippen LogP contribution is -2.52. The zero-order chi connectivity index (χ0) is 21.6. The van der Waals surface area contributed by atoms with Gasteiger partial charge in [-0.05, 0) is 41.8 Å². The second kappa shape index (κ2) is 7.51. The molecule has 2 aromatic carbocycles. The lowest BCUT2D eigenvalue weighted by molar-refractivity contribution is -0.140. The molecule has 0 aliphatic heterocycles. The van der Waals surface area contributed by atoms with E-state index >= 15 is 0 Å². The van der Waals surface area contributed by atoms with Gasteiger partial charge in [-0.25, -0.2) is 13.2 Å². The SMILES string of the molecule is CC(C)(C)C(C(=O)O)N(c1ccc2[nH]ncc2c1)S(=O)(=O)c1cc(Cl)cc(Cl)c1. The molecule has 0 radical (unpaired) electrons. The van der Waals surface area contributed by atoms with Gasteiger partial charge in [0.2, 0.25) is 0 Å². The monoisotopic (exact) mass is 455 g/mol. The first-order valence-electron chi connectivity index (χ1n) is 8.58. The van der Waals surface area contributed by atoms with E-state index in [1.165, 1.54) is 30.5 Å². The number of anilines is 1. The third kappa shape index (κ3) is 4.19. The highest BCUT2D eigenvalue weighted by atomic mass is 35.5. The van der Waals surface area contributed by atoms with Crippen molar-refractivity contribution in [1.29, 1.82) is 0 Å².